The Morgan fingerprint density at radius 2 is 1.41 bits per heavy atom. The van der Waals surface area contributed by atoms with E-state index in [4.69, 9.17) is 35.0 Å². The molecule has 0 aliphatic carbocycles. The average molecular weight is 621 g/mol. The molecule has 39 heavy (non-hydrogen) atoms. The lowest BCUT2D eigenvalue weighted by Gasteiger charge is -2.30. The molecule has 2 aromatic carbocycles. The normalized spacial score (nSPS) is 12.3. The summed E-state index contributed by atoms with van der Waals surface area (Å²) in [4.78, 5) is 30.2. The van der Waals surface area contributed by atoms with Gasteiger partial charge in [-0.2, -0.15) is 26.3 Å². The van der Waals surface area contributed by atoms with Crippen LogP contribution in [0.4, 0.5) is 46.5 Å². The van der Waals surface area contributed by atoms with Gasteiger partial charge >= 0.3 is 18.0 Å². The van der Waals surface area contributed by atoms with Gasteiger partial charge in [0.1, 0.15) is 5.15 Å². The summed E-state index contributed by atoms with van der Waals surface area (Å²) >= 11 is 17.6. The third-order valence-corrected chi connectivity index (χ3v) is 6.32. The second-order valence-electron chi connectivity index (χ2n) is 7.75. The highest BCUT2D eigenvalue weighted by Gasteiger charge is 2.73. The van der Waals surface area contributed by atoms with Crippen molar-refractivity contribution >= 4 is 58.2 Å². The Kier molecular flexibility index (Phi) is 8.40. The summed E-state index contributed by atoms with van der Waals surface area (Å²) in [6.45, 7) is 0. The van der Waals surface area contributed by atoms with Gasteiger partial charge in [0.2, 0.25) is 0 Å². The van der Waals surface area contributed by atoms with E-state index in [1.165, 1.54) is 24.4 Å². The molecule has 0 saturated heterocycles. The van der Waals surface area contributed by atoms with Crippen molar-refractivity contribution in [2.45, 2.75) is 18.0 Å². The van der Waals surface area contributed by atoms with Crippen molar-refractivity contribution in [1.82, 2.24) is 4.98 Å². The van der Waals surface area contributed by atoms with Crippen molar-refractivity contribution in [2.24, 2.45) is 0 Å². The van der Waals surface area contributed by atoms with Crippen molar-refractivity contribution in [2.75, 3.05) is 16.4 Å². The largest absolute Gasteiger partial charge is 0.435 e. The number of aromatic nitrogens is 1. The van der Waals surface area contributed by atoms with Gasteiger partial charge in [0, 0.05) is 30.6 Å². The van der Waals surface area contributed by atoms with Crippen LogP contribution in [0, 0.1) is 5.82 Å². The first-order valence-corrected chi connectivity index (χ1v) is 11.3. The Morgan fingerprint density at radius 1 is 0.821 bits per heavy atom. The fraction of sp³-hybridized carbons (Fsp3) is 0.174. The topological polar surface area (TPSA) is 53.5 Å². The van der Waals surface area contributed by atoms with Gasteiger partial charge in [0.05, 0.1) is 27.5 Å². The number of halogens is 11. The molecule has 3 rings (SSSR count). The van der Waals surface area contributed by atoms with E-state index in [2.05, 4.69) is 4.98 Å². The van der Waals surface area contributed by atoms with Crippen molar-refractivity contribution in [3.8, 4) is 0 Å². The predicted molar refractivity (Wildman–Crippen MR) is 127 cm³/mol. The van der Waals surface area contributed by atoms with Gasteiger partial charge in [-0.25, -0.2) is 18.2 Å². The number of rotatable bonds is 5. The lowest BCUT2D eigenvalue weighted by Crippen LogP contribution is -2.50. The van der Waals surface area contributed by atoms with Crippen molar-refractivity contribution in [1.29, 1.82) is 0 Å². The van der Waals surface area contributed by atoms with Gasteiger partial charge in [-0.05, 0) is 36.4 Å². The number of hydrogen-bond donors (Lipinski definition) is 0. The summed E-state index contributed by atoms with van der Waals surface area (Å²) in [6, 6.07) is 6.46. The van der Waals surface area contributed by atoms with Crippen LogP contribution in [0.2, 0.25) is 10.2 Å². The highest BCUT2D eigenvalue weighted by Crippen LogP contribution is 2.54. The van der Waals surface area contributed by atoms with Gasteiger partial charge in [0.15, 0.2) is 5.82 Å². The Morgan fingerprint density at radius 3 is 1.95 bits per heavy atom. The summed E-state index contributed by atoms with van der Waals surface area (Å²) in [5.74, 6) is -3.44. The van der Waals surface area contributed by atoms with Crippen LogP contribution in [-0.4, -0.2) is 36.2 Å². The number of carbonyl (C=O) groups is 2. The number of nitrogens with zero attached hydrogens (tertiary/aromatic N) is 3. The average Bonchev–Trinajstić information content (AvgIpc) is 2.85. The van der Waals surface area contributed by atoms with E-state index in [1.54, 1.807) is 0 Å². The van der Waals surface area contributed by atoms with Crippen LogP contribution in [0.15, 0.2) is 54.7 Å². The molecule has 0 N–H and O–H groups in total. The maximum Gasteiger partial charge on any atom is 0.435 e. The van der Waals surface area contributed by atoms with E-state index in [0.29, 0.717) is 6.07 Å². The smallest absolute Gasteiger partial charge is 0.309 e. The molecule has 0 aliphatic rings. The zero-order valence-corrected chi connectivity index (χ0v) is 21.3. The second-order valence-corrected chi connectivity index (χ2v) is 8.85. The summed E-state index contributed by atoms with van der Waals surface area (Å²) < 4.78 is 108. The van der Waals surface area contributed by atoms with Crippen molar-refractivity contribution in [3.05, 3.63) is 87.4 Å². The van der Waals surface area contributed by atoms with E-state index in [-0.39, 0.29) is 27.3 Å². The molecule has 0 atom stereocenters. The van der Waals surface area contributed by atoms with Crippen LogP contribution < -0.4 is 9.32 Å². The predicted octanol–water partition coefficient (Wildman–Crippen LogP) is 7.89. The molecule has 0 radical (unpaired) electrons. The molecule has 16 heteroatoms. The lowest BCUT2D eigenvalue weighted by molar-refractivity contribution is -0.348. The molecule has 2 amide bonds. The molecule has 0 bridgehead atoms. The SMILES string of the molecule is CN(C(=O)c1cccnc1Cl)c1cccc(C(=O)N(Cl)c2ccc(C(F)(C(F)(F)F)C(F)(F)F)cc2Cl)c1F. The van der Waals surface area contributed by atoms with Gasteiger partial charge in [-0.15, -0.1) is 0 Å². The van der Waals surface area contributed by atoms with Crippen LogP contribution >= 0.6 is 35.0 Å². The van der Waals surface area contributed by atoms with Crippen molar-refractivity contribution in [3.63, 3.8) is 0 Å². The Balaban J connectivity index is 1.97. The minimum atomic E-state index is -6.40. The molecule has 208 valence electrons. The molecule has 1 aromatic heterocycles. The Hall–Kier alpha value is -3.16. The number of pyridine rings is 1. The van der Waals surface area contributed by atoms with Gasteiger partial charge in [0.25, 0.3) is 11.8 Å². The Bertz CT molecular complexity index is 1420. The maximum atomic E-state index is 15.3. The maximum absolute atomic E-state index is 15.3. The first-order valence-electron chi connectivity index (χ1n) is 10.2. The highest BCUT2D eigenvalue weighted by atomic mass is 35.5. The van der Waals surface area contributed by atoms with Gasteiger partial charge in [-0.3, -0.25) is 9.59 Å². The molecule has 5 nitrogen and oxygen atoms in total. The monoisotopic (exact) mass is 619 g/mol. The summed E-state index contributed by atoms with van der Waals surface area (Å²) in [7, 11) is 1.16. The van der Waals surface area contributed by atoms with Gasteiger partial charge < -0.3 is 4.90 Å². The molecule has 0 fully saturated rings. The van der Waals surface area contributed by atoms with E-state index in [1.807, 2.05) is 0 Å². The van der Waals surface area contributed by atoms with Crippen LogP contribution in [0.3, 0.4) is 0 Å². The Labute approximate surface area is 229 Å². The number of amides is 2. The second kappa shape index (κ2) is 10.8. The first-order chi connectivity index (χ1) is 17.9. The van der Waals surface area contributed by atoms with E-state index < -0.39 is 63.2 Å². The number of anilines is 2. The first kappa shape index (κ1) is 30.4. The summed E-state index contributed by atoms with van der Waals surface area (Å²) in [5, 5.41) is -1.16. The summed E-state index contributed by atoms with van der Waals surface area (Å²) in [6.07, 6.45) is -11.5. The molecule has 1 heterocycles. The van der Waals surface area contributed by atoms with Crippen molar-refractivity contribution < 1.29 is 44.7 Å². The molecule has 3 aromatic rings. The minimum Gasteiger partial charge on any atom is -0.309 e. The molecular weight excluding hydrogens is 609 g/mol. The lowest BCUT2D eigenvalue weighted by atomic mass is 9.94. The molecule has 0 saturated carbocycles. The number of benzene rings is 2. The van der Waals surface area contributed by atoms with Crippen LogP contribution in [0.5, 0.6) is 0 Å². The molecular formula is C23H12Cl3F8N3O2. The number of alkyl halides is 7. The van der Waals surface area contributed by atoms with E-state index in [9.17, 15) is 40.3 Å². The van der Waals surface area contributed by atoms with Crippen LogP contribution in [-0.2, 0) is 5.67 Å². The minimum absolute atomic E-state index is 0.00259. The molecule has 0 aliphatic heterocycles. The third-order valence-electron chi connectivity index (χ3n) is 5.38. The number of hydrogen-bond acceptors (Lipinski definition) is 3. The van der Waals surface area contributed by atoms with Crippen LogP contribution in [0.25, 0.3) is 0 Å². The van der Waals surface area contributed by atoms with Crippen LogP contribution in [0.1, 0.15) is 26.3 Å². The highest BCUT2D eigenvalue weighted by molar-refractivity contribution is 6.43. The van der Waals surface area contributed by atoms with E-state index in [0.717, 1.165) is 24.1 Å². The number of carbonyl (C=O) groups excluding carboxylic acids is 2. The van der Waals surface area contributed by atoms with Gasteiger partial charge in [-0.1, -0.05) is 35.3 Å². The fourth-order valence-corrected chi connectivity index (χ4v) is 4.11. The quantitative estimate of drug-likeness (QED) is 0.166. The zero-order chi connectivity index (χ0) is 29.5. The fourth-order valence-electron chi connectivity index (χ4n) is 3.36. The third kappa shape index (κ3) is 5.48. The van der Waals surface area contributed by atoms with E-state index >= 15 is 4.39 Å². The molecule has 0 spiro atoms. The zero-order valence-electron chi connectivity index (χ0n) is 19.0. The summed E-state index contributed by atoms with van der Waals surface area (Å²) in [5.41, 5.74) is -9.66. The standard InChI is InChI=1S/C23H12Cl3F8N3O2/c1-36(19(38)13-5-3-9-35-18(13)25)16-6-2-4-12(17(16)27)20(39)37(26)15-8-7-11(10-14(15)24)21(28,22(29,30)31)23(32,33)34/h2-10H,1H3. The molecule has 0 unspecified atom stereocenters.